The van der Waals surface area contributed by atoms with Crippen LogP contribution in [0.4, 0.5) is 0 Å². The number of hydrogen-bond acceptors (Lipinski definition) is 4. The first-order valence-electron chi connectivity index (χ1n) is 25.3. The van der Waals surface area contributed by atoms with E-state index in [9.17, 15) is 0 Å². The summed E-state index contributed by atoms with van der Waals surface area (Å²) in [5.74, 6) is 1.74. The van der Waals surface area contributed by atoms with Crippen molar-refractivity contribution < 1.29 is 28.6 Å². The number of fused-ring (bicyclic) bond motifs is 9. The number of benzene rings is 9. The SMILES string of the molecule is CC(C)(C)c1ccnc(-c2[c-]cccc2)n1.[2H]C([2H])([2H])c1c[c-]c(-c2nc3ccc4ccccc4c3n2-c2c(C(C)C)cc(-c3ccccc3)cc2C(C)C)c2oc3cc4ccc5ccccc5c4cc3c12.[Ir]. The Bertz CT molecular complexity index is 3990. The molecule has 12 aromatic rings. The van der Waals surface area contributed by atoms with Crippen LogP contribution in [-0.2, 0) is 25.5 Å². The Morgan fingerprint density at radius 1 is 0.629 bits per heavy atom. The first kappa shape index (κ1) is 42.8. The second kappa shape index (κ2) is 18.6. The molecule has 6 heteroatoms. The Morgan fingerprint density at radius 3 is 2.00 bits per heavy atom. The van der Waals surface area contributed by atoms with Crippen LogP contribution in [0.5, 0.6) is 0 Å². The van der Waals surface area contributed by atoms with Crippen molar-refractivity contribution in [3.63, 3.8) is 0 Å². The zero-order chi connectivity index (χ0) is 50.1. The number of rotatable bonds is 6. The molecule has 12 rings (SSSR count). The van der Waals surface area contributed by atoms with Gasteiger partial charge in [0.25, 0.3) is 0 Å². The van der Waals surface area contributed by atoms with Crippen LogP contribution in [0.15, 0.2) is 174 Å². The van der Waals surface area contributed by atoms with E-state index in [1.807, 2.05) is 54.7 Å². The zero-order valence-corrected chi connectivity index (χ0v) is 42.7. The van der Waals surface area contributed by atoms with Crippen molar-refractivity contribution in [3.05, 3.63) is 205 Å². The van der Waals surface area contributed by atoms with Gasteiger partial charge in [0.15, 0.2) is 0 Å². The maximum atomic E-state index is 8.69. The molecule has 0 bridgehead atoms. The minimum absolute atomic E-state index is 0. The van der Waals surface area contributed by atoms with Crippen molar-refractivity contribution in [2.24, 2.45) is 0 Å². The topological polar surface area (TPSA) is 56.7 Å². The third-order valence-corrected chi connectivity index (χ3v) is 13.3. The van der Waals surface area contributed by atoms with Gasteiger partial charge in [-0.05, 0) is 97.4 Å². The Balaban J connectivity index is 0.000000307. The second-order valence-corrected chi connectivity index (χ2v) is 19.6. The average Bonchev–Trinajstić information content (AvgIpc) is 3.96. The fourth-order valence-corrected chi connectivity index (χ4v) is 9.77. The summed E-state index contributed by atoms with van der Waals surface area (Å²) < 4.78 is 35.2. The number of hydrogen-bond donors (Lipinski definition) is 0. The van der Waals surface area contributed by atoms with Crippen molar-refractivity contribution >= 4 is 65.3 Å². The predicted molar refractivity (Wildman–Crippen MR) is 288 cm³/mol. The van der Waals surface area contributed by atoms with Gasteiger partial charge < -0.3 is 8.98 Å². The van der Waals surface area contributed by atoms with Gasteiger partial charge in [0, 0.05) is 58.0 Å². The summed E-state index contributed by atoms with van der Waals surface area (Å²) in [6.07, 6.45) is 1.81. The van der Waals surface area contributed by atoms with Gasteiger partial charge in [-0.25, -0.2) is 0 Å². The molecule has 9 aromatic carbocycles. The van der Waals surface area contributed by atoms with Gasteiger partial charge in [0.2, 0.25) is 0 Å². The van der Waals surface area contributed by atoms with Crippen LogP contribution >= 0.6 is 0 Å². The number of aryl methyl sites for hydroxylation is 1. The van der Waals surface area contributed by atoms with Crippen LogP contribution in [-0.4, -0.2) is 19.5 Å². The summed E-state index contributed by atoms with van der Waals surface area (Å²) >= 11 is 0. The van der Waals surface area contributed by atoms with Crippen LogP contribution in [0.25, 0.3) is 105 Å². The molecule has 1 radical (unpaired) electrons. The minimum atomic E-state index is -2.41. The number of aromatic nitrogens is 4. The van der Waals surface area contributed by atoms with Gasteiger partial charge in [-0.1, -0.05) is 163 Å². The van der Waals surface area contributed by atoms with Crippen LogP contribution in [0.3, 0.4) is 0 Å². The molecule has 0 fully saturated rings. The molecular weight excluding hydrogens is 1030 g/mol. The van der Waals surface area contributed by atoms with Gasteiger partial charge in [-0.2, -0.15) is 0 Å². The normalized spacial score (nSPS) is 12.7. The predicted octanol–water partition coefficient (Wildman–Crippen LogP) is 17.3. The molecule has 0 aliphatic carbocycles. The number of imidazole rings is 1. The van der Waals surface area contributed by atoms with E-state index < -0.39 is 6.85 Å². The Hall–Kier alpha value is -7.24. The fourth-order valence-electron chi connectivity index (χ4n) is 9.77. The van der Waals surface area contributed by atoms with Crippen LogP contribution < -0.4 is 0 Å². The summed E-state index contributed by atoms with van der Waals surface area (Å²) in [5, 5.41) is 7.82. The van der Waals surface area contributed by atoms with E-state index in [1.54, 1.807) is 6.07 Å². The summed E-state index contributed by atoms with van der Waals surface area (Å²) in [7, 11) is 0. The molecule has 70 heavy (non-hydrogen) atoms. The van der Waals surface area contributed by atoms with E-state index in [0.29, 0.717) is 27.9 Å². The van der Waals surface area contributed by atoms with E-state index in [0.717, 1.165) is 71.5 Å². The summed E-state index contributed by atoms with van der Waals surface area (Å²) in [6, 6.07) is 62.5. The monoisotopic (exact) mass is 1090 g/mol. The molecule has 3 heterocycles. The largest absolute Gasteiger partial charge is 0.501 e. The van der Waals surface area contributed by atoms with Crippen molar-refractivity contribution in [1.82, 2.24) is 19.5 Å². The van der Waals surface area contributed by atoms with Gasteiger partial charge in [-0.15, -0.1) is 53.6 Å². The van der Waals surface area contributed by atoms with E-state index in [-0.39, 0.29) is 42.9 Å². The van der Waals surface area contributed by atoms with Crippen molar-refractivity contribution in [2.75, 3.05) is 0 Å². The third-order valence-electron chi connectivity index (χ3n) is 13.3. The maximum absolute atomic E-state index is 8.69. The fraction of sp³-hybridized carbons (Fsp3) is 0.172. The van der Waals surface area contributed by atoms with Gasteiger partial charge in [0.05, 0.1) is 28.3 Å². The van der Waals surface area contributed by atoms with E-state index in [2.05, 4.69) is 184 Å². The van der Waals surface area contributed by atoms with Gasteiger partial charge in [-0.3, -0.25) is 15.0 Å². The molecule has 3 aromatic heterocycles. The number of furan rings is 1. The zero-order valence-electron chi connectivity index (χ0n) is 43.4. The molecule has 347 valence electrons. The van der Waals surface area contributed by atoms with Gasteiger partial charge >= 0.3 is 0 Å². The van der Waals surface area contributed by atoms with Crippen molar-refractivity contribution in [2.45, 2.75) is 72.6 Å². The maximum Gasteiger partial charge on any atom is 0.121 e. The summed E-state index contributed by atoms with van der Waals surface area (Å²) in [4.78, 5) is 14.3. The second-order valence-electron chi connectivity index (χ2n) is 19.6. The Kier molecular flexibility index (Phi) is 11.4. The molecule has 0 aliphatic heterocycles. The quantitative estimate of drug-likeness (QED) is 0.123. The molecular formula is C64H54IrN4O-2. The van der Waals surface area contributed by atoms with Crippen molar-refractivity contribution in [1.29, 1.82) is 0 Å². The average molecular weight is 1090 g/mol. The van der Waals surface area contributed by atoms with Crippen LogP contribution in [0.2, 0.25) is 0 Å². The molecule has 0 saturated heterocycles. The first-order chi connectivity index (χ1) is 34.6. The van der Waals surface area contributed by atoms with Crippen molar-refractivity contribution in [3.8, 4) is 39.6 Å². The summed E-state index contributed by atoms with van der Waals surface area (Å²) in [6.45, 7) is 13.0. The molecule has 0 spiro atoms. The van der Waals surface area contributed by atoms with Crippen LogP contribution in [0, 0.1) is 19.0 Å². The standard InChI is InChI=1S/C50H39N2O.C14H15N2.Ir/c1-29(2)40-25-36(32-13-7-6-8-14-32)26-41(30(3)4)47(40)52-48-38-18-12-10-16-34(38)22-24-44(48)51-50(52)39-23-19-31(5)46-43-28-42-35(27-45(43)53-49(39)46)21-20-33-15-9-11-17-37(33)42;1-14(2,3)12-9-10-15-13(16-12)11-7-5-4-6-8-11;/h6-22,24-30H,1-5H3;4-7,9-10H,1-3H3;/q2*-1;/i5D3;;. The Morgan fingerprint density at radius 2 is 1.30 bits per heavy atom. The molecule has 0 aliphatic rings. The molecule has 0 unspecified atom stereocenters. The van der Waals surface area contributed by atoms with E-state index >= 15 is 0 Å². The molecule has 0 saturated carbocycles. The summed E-state index contributed by atoms with van der Waals surface area (Å²) in [5.41, 5.74) is 11.6. The van der Waals surface area contributed by atoms with E-state index in [1.165, 1.54) is 22.3 Å². The van der Waals surface area contributed by atoms with Gasteiger partial charge in [0.1, 0.15) is 5.58 Å². The van der Waals surface area contributed by atoms with Crippen LogP contribution in [0.1, 0.15) is 86.8 Å². The van der Waals surface area contributed by atoms with E-state index in [4.69, 9.17) is 13.5 Å². The third kappa shape index (κ3) is 8.29. The minimum Gasteiger partial charge on any atom is -0.501 e. The molecule has 0 atom stereocenters. The first-order valence-corrected chi connectivity index (χ1v) is 23.8. The molecule has 0 amide bonds. The smallest absolute Gasteiger partial charge is 0.121 e. The Labute approximate surface area is 427 Å². The number of nitrogens with zero attached hydrogens (tertiary/aromatic N) is 4. The molecule has 5 nitrogen and oxygen atoms in total. The molecule has 0 N–H and O–H groups in total.